The molecule has 1 heterocycles. The second-order valence-electron chi connectivity index (χ2n) is 6.21. The minimum Gasteiger partial charge on any atom is -0.494 e. The van der Waals surface area contributed by atoms with Crippen LogP contribution < -0.4 is 4.74 Å². The van der Waals surface area contributed by atoms with Crippen LogP contribution in [0.5, 0.6) is 5.75 Å². The predicted octanol–water partition coefficient (Wildman–Crippen LogP) is 1.61. The van der Waals surface area contributed by atoms with Gasteiger partial charge < -0.3 is 19.6 Å². The fourth-order valence-electron chi connectivity index (χ4n) is 2.92. The van der Waals surface area contributed by atoms with E-state index in [0.717, 1.165) is 5.75 Å². The summed E-state index contributed by atoms with van der Waals surface area (Å²) in [6.07, 6.45) is 1.24. The number of hydrogen-bond donors (Lipinski definition) is 1. The molecule has 0 aromatic heterocycles. The summed E-state index contributed by atoms with van der Waals surface area (Å²) in [4.78, 5) is 16.3. The third kappa shape index (κ3) is 4.21. The summed E-state index contributed by atoms with van der Waals surface area (Å²) < 4.78 is 5.39. The van der Waals surface area contributed by atoms with Gasteiger partial charge in [0, 0.05) is 25.2 Å². The Morgan fingerprint density at radius 3 is 2.36 bits per heavy atom. The highest BCUT2D eigenvalue weighted by Crippen LogP contribution is 2.24. The first-order valence-corrected chi connectivity index (χ1v) is 7.83. The maximum absolute atomic E-state index is 12.5. The van der Waals surface area contributed by atoms with Gasteiger partial charge in [-0.2, -0.15) is 0 Å². The Labute approximate surface area is 132 Å². The molecule has 1 aliphatic rings. The number of carbonyl (C=O) groups excluding carboxylic acids is 1. The minimum absolute atomic E-state index is 0.0231. The molecule has 5 nitrogen and oxygen atoms in total. The Kier molecular flexibility index (Phi) is 5.42. The molecule has 1 N–H and O–H groups in total. The van der Waals surface area contributed by atoms with Crippen molar-refractivity contribution < 1.29 is 14.6 Å². The minimum atomic E-state index is -0.681. The Morgan fingerprint density at radius 2 is 1.86 bits per heavy atom. The van der Waals surface area contributed by atoms with Gasteiger partial charge in [-0.05, 0) is 58.1 Å². The van der Waals surface area contributed by atoms with E-state index in [4.69, 9.17) is 4.74 Å². The normalized spacial score (nSPS) is 17.6. The molecule has 1 saturated heterocycles. The van der Waals surface area contributed by atoms with Gasteiger partial charge in [0.15, 0.2) is 0 Å². The van der Waals surface area contributed by atoms with Crippen molar-refractivity contribution >= 4 is 5.91 Å². The number of amides is 1. The Morgan fingerprint density at radius 1 is 1.27 bits per heavy atom. The highest BCUT2D eigenvalue weighted by molar-refractivity contribution is 5.94. The third-order valence-corrected chi connectivity index (χ3v) is 4.00. The van der Waals surface area contributed by atoms with Gasteiger partial charge in [-0.15, -0.1) is 0 Å². The van der Waals surface area contributed by atoms with Crippen LogP contribution in [-0.4, -0.2) is 66.8 Å². The number of aliphatic hydroxyl groups is 1. The van der Waals surface area contributed by atoms with Gasteiger partial charge >= 0.3 is 0 Å². The van der Waals surface area contributed by atoms with Gasteiger partial charge in [0.1, 0.15) is 5.75 Å². The van der Waals surface area contributed by atoms with Gasteiger partial charge in [-0.3, -0.25) is 4.79 Å². The SMILES string of the molecule is CCOc1ccc(C(=O)N2CCC(O)(CN(C)C)CC2)cc1. The number of benzene rings is 1. The number of carbonyl (C=O) groups is 1. The highest BCUT2D eigenvalue weighted by Gasteiger charge is 2.34. The van der Waals surface area contributed by atoms with E-state index in [0.29, 0.717) is 44.6 Å². The third-order valence-electron chi connectivity index (χ3n) is 4.00. The molecule has 0 unspecified atom stereocenters. The number of ether oxygens (including phenoxy) is 1. The zero-order valence-corrected chi connectivity index (χ0v) is 13.7. The summed E-state index contributed by atoms with van der Waals surface area (Å²) in [6, 6.07) is 7.24. The molecule has 0 bridgehead atoms. The second kappa shape index (κ2) is 7.11. The first-order chi connectivity index (χ1) is 10.4. The Bertz CT molecular complexity index is 491. The average molecular weight is 306 g/mol. The molecule has 0 aliphatic carbocycles. The van der Waals surface area contributed by atoms with E-state index in [9.17, 15) is 9.90 Å². The maximum Gasteiger partial charge on any atom is 0.253 e. The van der Waals surface area contributed by atoms with Gasteiger partial charge in [0.2, 0.25) is 0 Å². The summed E-state index contributed by atoms with van der Waals surface area (Å²) in [6.45, 7) is 4.37. The quantitative estimate of drug-likeness (QED) is 0.898. The summed E-state index contributed by atoms with van der Waals surface area (Å²) in [5.74, 6) is 0.799. The molecule has 1 aromatic rings. The van der Waals surface area contributed by atoms with Crippen molar-refractivity contribution in [2.24, 2.45) is 0 Å². The lowest BCUT2D eigenvalue weighted by Gasteiger charge is -2.39. The fraction of sp³-hybridized carbons (Fsp3) is 0.588. The summed E-state index contributed by atoms with van der Waals surface area (Å²) in [5.41, 5.74) is -0.0134. The molecule has 122 valence electrons. The molecule has 22 heavy (non-hydrogen) atoms. The van der Waals surface area contributed by atoms with E-state index in [1.165, 1.54) is 0 Å². The lowest BCUT2D eigenvalue weighted by atomic mass is 9.90. The topological polar surface area (TPSA) is 53.0 Å². The number of hydrogen-bond acceptors (Lipinski definition) is 4. The van der Waals surface area contributed by atoms with E-state index in [1.807, 2.05) is 43.0 Å². The largest absolute Gasteiger partial charge is 0.494 e. The first kappa shape index (κ1) is 16.8. The van der Waals surface area contributed by atoms with E-state index in [-0.39, 0.29) is 5.91 Å². The van der Waals surface area contributed by atoms with E-state index < -0.39 is 5.60 Å². The maximum atomic E-state index is 12.5. The number of piperidine rings is 1. The van der Waals surface area contributed by atoms with Crippen LogP contribution in [0.3, 0.4) is 0 Å². The van der Waals surface area contributed by atoms with Crippen LogP contribution in [0.25, 0.3) is 0 Å². The number of rotatable bonds is 5. The van der Waals surface area contributed by atoms with Crippen molar-refractivity contribution in [1.29, 1.82) is 0 Å². The lowest BCUT2D eigenvalue weighted by molar-refractivity contribution is -0.0324. The van der Waals surface area contributed by atoms with E-state index in [2.05, 4.69) is 0 Å². The standard InChI is InChI=1S/C17H26N2O3/c1-4-22-15-7-5-14(6-8-15)16(20)19-11-9-17(21,10-12-19)13-18(2)3/h5-8,21H,4,9-13H2,1-3H3. The predicted molar refractivity (Wildman–Crippen MR) is 86.3 cm³/mol. The van der Waals surface area contributed by atoms with Crippen molar-refractivity contribution in [3.05, 3.63) is 29.8 Å². The van der Waals surface area contributed by atoms with Crippen molar-refractivity contribution in [2.75, 3.05) is 40.3 Å². The molecule has 0 saturated carbocycles. The molecule has 0 atom stereocenters. The van der Waals surface area contributed by atoms with Crippen molar-refractivity contribution in [1.82, 2.24) is 9.80 Å². The van der Waals surface area contributed by atoms with Crippen LogP contribution in [0.4, 0.5) is 0 Å². The Balaban J connectivity index is 1.94. The summed E-state index contributed by atoms with van der Waals surface area (Å²) in [7, 11) is 3.91. The van der Waals surface area contributed by atoms with Gasteiger partial charge in [-0.25, -0.2) is 0 Å². The molecular formula is C17H26N2O3. The molecule has 1 fully saturated rings. The number of nitrogens with zero attached hydrogens (tertiary/aromatic N) is 2. The number of likely N-dealkylation sites (N-methyl/N-ethyl adjacent to an activating group) is 1. The van der Waals surface area contributed by atoms with Crippen LogP contribution in [0, 0.1) is 0 Å². The van der Waals surface area contributed by atoms with Crippen LogP contribution in [0.1, 0.15) is 30.1 Å². The van der Waals surface area contributed by atoms with Crippen LogP contribution in [0.2, 0.25) is 0 Å². The fourth-order valence-corrected chi connectivity index (χ4v) is 2.92. The Hall–Kier alpha value is -1.59. The van der Waals surface area contributed by atoms with Crippen molar-refractivity contribution in [3.8, 4) is 5.75 Å². The molecule has 1 aromatic carbocycles. The smallest absolute Gasteiger partial charge is 0.253 e. The van der Waals surface area contributed by atoms with Gasteiger partial charge in [-0.1, -0.05) is 0 Å². The van der Waals surface area contributed by atoms with Crippen molar-refractivity contribution in [2.45, 2.75) is 25.4 Å². The molecule has 1 amide bonds. The number of likely N-dealkylation sites (tertiary alicyclic amines) is 1. The molecule has 1 aliphatic heterocycles. The molecule has 2 rings (SSSR count). The zero-order chi connectivity index (χ0) is 16.2. The van der Waals surface area contributed by atoms with Crippen LogP contribution in [-0.2, 0) is 0 Å². The monoisotopic (exact) mass is 306 g/mol. The van der Waals surface area contributed by atoms with Crippen LogP contribution >= 0.6 is 0 Å². The molecule has 0 radical (unpaired) electrons. The lowest BCUT2D eigenvalue weighted by Crippen LogP contribution is -2.51. The van der Waals surface area contributed by atoms with Crippen LogP contribution in [0.15, 0.2) is 24.3 Å². The molecule has 5 heteroatoms. The van der Waals surface area contributed by atoms with Gasteiger partial charge in [0.05, 0.1) is 12.2 Å². The van der Waals surface area contributed by atoms with E-state index >= 15 is 0 Å². The van der Waals surface area contributed by atoms with E-state index in [1.54, 1.807) is 12.1 Å². The average Bonchev–Trinajstić information content (AvgIpc) is 2.47. The second-order valence-corrected chi connectivity index (χ2v) is 6.21. The van der Waals surface area contributed by atoms with Gasteiger partial charge in [0.25, 0.3) is 5.91 Å². The molecule has 0 spiro atoms. The summed E-state index contributed by atoms with van der Waals surface area (Å²) in [5, 5.41) is 10.5. The zero-order valence-electron chi connectivity index (χ0n) is 13.7. The summed E-state index contributed by atoms with van der Waals surface area (Å²) >= 11 is 0. The first-order valence-electron chi connectivity index (χ1n) is 7.83. The van der Waals surface area contributed by atoms with Crippen molar-refractivity contribution in [3.63, 3.8) is 0 Å². The molecular weight excluding hydrogens is 280 g/mol. The highest BCUT2D eigenvalue weighted by atomic mass is 16.5.